The van der Waals surface area contributed by atoms with E-state index in [1.165, 1.54) is 0 Å². The molecule has 0 aromatic carbocycles. The summed E-state index contributed by atoms with van der Waals surface area (Å²) >= 11 is 0. The molecule has 1 unspecified atom stereocenters. The molecule has 1 aromatic heterocycles. The lowest BCUT2D eigenvalue weighted by atomic mass is 10.0. The van der Waals surface area contributed by atoms with Crippen molar-refractivity contribution in [1.82, 2.24) is 4.98 Å². The van der Waals surface area contributed by atoms with Crippen molar-refractivity contribution in [1.29, 1.82) is 0 Å². The number of aromatic nitrogens is 1. The van der Waals surface area contributed by atoms with Crippen molar-refractivity contribution in [2.24, 2.45) is 0 Å². The van der Waals surface area contributed by atoms with Gasteiger partial charge in [-0.1, -0.05) is 0 Å². The minimum atomic E-state index is -0.221. The monoisotopic (exact) mass is 195 g/mol. The van der Waals surface area contributed by atoms with Crippen molar-refractivity contribution in [3.05, 3.63) is 17.8 Å². The van der Waals surface area contributed by atoms with E-state index in [0.717, 1.165) is 17.9 Å². The average Bonchev–Trinajstić information content (AvgIpc) is 2.97. The Balaban J connectivity index is 2.43. The first-order chi connectivity index (χ1) is 6.69. The Hall–Kier alpha value is -1.29. The number of pyridine rings is 1. The molecule has 1 fully saturated rings. The number of methoxy groups -OCH3 is 2. The lowest BCUT2D eigenvalue weighted by molar-refractivity contribution is 0.312. The topological polar surface area (TPSA) is 43.9 Å². The van der Waals surface area contributed by atoms with Gasteiger partial charge in [0.1, 0.15) is 11.4 Å². The molecule has 4 nitrogen and oxygen atoms in total. The molecule has 1 atom stereocenters. The Morgan fingerprint density at radius 2 is 2.14 bits per heavy atom. The summed E-state index contributed by atoms with van der Waals surface area (Å²) in [5.74, 6) is 1.32. The van der Waals surface area contributed by atoms with Gasteiger partial charge in [0.05, 0.1) is 27.0 Å². The van der Waals surface area contributed by atoms with Crippen LogP contribution in [0.4, 0.5) is 0 Å². The van der Waals surface area contributed by atoms with E-state index in [1.807, 2.05) is 13.0 Å². The van der Waals surface area contributed by atoms with Crippen LogP contribution in [0.5, 0.6) is 11.6 Å². The highest BCUT2D eigenvalue weighted by atomic mass is 16.6. The Kier molecular flexibility index (Phi) is 2.07. The normalized spacial score (nSPS) is 24.5. The van der Waals surface area contributed by atoms with Gasteiger partial charge < -0.3 is 14.2 Å². The fraction of sp³-hybridized carbons (Fsp3) is 0.500. The van der Waals surface area contributed by atoms with Crippen LogP contribution in [0.1, 0.15) is 12.5 Å². The molecule has 4 heteroatoms. The first kappa shape index (κ1) is 9.27. The van der Waals surface area contributed by atoms with Crippen LogP contribution in [-0.4, -0.2) is 25.8 Å². The number of hydrogen-bond donors (Lipinski definition) is 0. The molecule has 0 saturated carbocycles. The molecule has 0 N–H and O–H groups in total. The van der Waals surface area contributed by atoms with E-state index in [1.54, 1.807) is 20.4 Å². The summed E-state index contributed by atoms with van der Waals surface area (Å²) < 4.78 is 15.6. The molecule has 0 amide bonds. The van der Waals surface area contributed by atoms with Crippen LogP contribution in [0, 0.1) is 0 Å². The van der Waals surface area contributed by atoms with Crippen molar-refractivity contribution in [2.45, 2.75) is 12.5 Å². The van der Waals surface area contributed by atoms with E-state index in [4.69, 9.17) is 14.2 Å². The zero-order valence-corrected chi connectivity index (χ0v) is 8.53. The minimum absolute atomic E-state index is 0.221. The Morgan fingerprint density at radius 3 is 2.64 bits per heavy atom. The van der Waals surface area contributed by atoms with Crippen molar-refractivity contribution >= 4 is 0 Å². The van der Waals surface area contributed by atoms with Gasteiger partial charge in [-0.3, -0.25) is 0 Å². The van der Waals surface area contributed by atoms with Gasteiger partial charge >= 0.3 is 0 Å². The molecule has 2 heterocycles. The van der Waals surface area contributed by atoms with E-state index in [0.29, 0.717) is 5.88 Å². The van der Waals surface area contributed by atoms with Gasteiger partial charge in [0.25, 0.3) is 0 Å². The summed E-state index contributed by atoms with van der Waals surface area (Å²) in [6.45, 7) is 2.74. The van der Waals surface area contributed by atoms with E-state index in [9.17, 15) is 0 Å². The molecule has 1 saturated heterocycles. The smallest absolute Gasteiger partial charge is 0.213 e. The maximum Gasteiger partial charge on any atom is 0.213 e. The first-order valence-electron chi connectivity index (χ1n) is 4.42. The average molecular weight is 195 g/mol. The zero-order valence-electron chi connectivity index (χ0n) is 8.53. The van der Waals surface area contributed by atoms with Crippen LogP contribution < -0.4 is 9.47 Å². The van der Waals surface area contributed by atoms with E-state index >= 15 is 0 Å². The van der Waals surface area contributed by atoms with Gasteiger partial charge in [0, 0.05) is 11.6 Å². The number of rotatable bonds is 3. The molecule has 2 rings (SSSR count). The number of nitrogens with zero attached hydrogens (tertiary/aromatic N) is 1. The summed E-state index contributed by atoms with van der Waals surface area (Å²) in [6.07, 6.45) is 1.65. The number of epoxide rings is 1. The molecule has 1 aliphatic rings. The van der Waals surface area contributed by atoms with Crippen LogP contribution in [0.3, 0.4) is 0 Å². The molecular formula is C10H13NO3. The molecule has 1 aromatic rings. The molecule has 1 aliphatic heterocycles. The Morgan fingerprint density at radius 1 is 1.43 bits per heavy atom. The van der Waals surface area contributed by atoms with Gasteiger partial charge in [0.15, 0.2) is 0 Å². The fourth-order valence-corrected chi connectivity index (χ4v) is 1.37. The summed E-state index contributed by atoms with van der Waals surface area (Å²) in [5.41, 5.74) is 0.772. The summed E-state index contributed by atoms with van der Waals surface area (Å²) in [6, 6.07) is 1.85. The van der Waals surface area contributed by atoms with Crippen molar-refractivity contribution in [3.8, 4) is 11.6 Å². The van der Waals surface area contributed by atoms with Gasteiger partial charge in [-0.05, 0) is 6.92 Å². The van der Waals surface area contributed by atoms with Crippen molar-refractivity contribution < 1.29 is 14.2 Å². The third-order valence-electron chi connectivity index (χ3n) is 2.42. The van der Waals surface area contributed by atoms with Crippen molar-refractivity contribution in [2.75, 3.05) is 20.8 Å². The Labute approximate surface area is 82.8 Å². The van der Waals surface area contributed by atoms with Gasteiger partial charge in [-0.15, -0.1) is 0 Å². The molecule has 0 bridgehead atoms. The SMILES string of the molecule is COc1cc(C2(C)CO2)c(OC)cn1. The van der Waals surface area contributed by atoms with Crippen LogP contribution in [0.2, 0.25) is 0 Å². The van der Waals surface area contributed by atoms with E-state index in [2.05, 4.69) is 4.98 Å². The maximum absolute atomic E-state index is 5.36. The van der Waals surface area contributed by atoms with Gasteiger partial charge in [0.2, 0.25) is 5.88 Å². The molecule has 0 spiro atoms. The fourth-order valence-electron chi connectivity index (χ4n) is 1.37. The predicted molar refractivity (Wildman–Crippen MR) is 50.6 cm³/mol. The summed E-state index contributed by atoms with van der Waals surface area (Å²) in [5, 5.41) is 0. The first-order valence-corrected chi connectivity index (χ1v) is 4.42. The largest absolute Gasteiger partial charge is 0.495 e. The quantitative estimate of drug-likeness (QED) is 0.683. The van der Waals surface area contributed by atoms with E-state index in [-0.39, 0.29) is 5.60 Å². The summed E-state index contributed by atoms with van der Waals surface area (Å²) in [4.78, 5) is 4.07. The van der Waals surface area contributed by atoms with E-state index < -0.39 is 0 Å². The van der Waals surface area contributed by atoms with Gasteiger partial charge in [-0.2, -0.15) is 0 Å². The highest BCUT2D eigenvalue weighted by molar-refractivity contribution is 5.41. The lowest BCUT2D eigenvalue weighted by Gasteiger charge is -2.11. The second-order valence-electron chi connectivity index (χ2n) is 3.45. The highest BCUT2D eigenvalue weighted by Gasteiger charge is 2.43. The molecular weight excluding hydrogens is 182 g/mol. The molecule has 0 aliphatic carbocycles. The van der Waals surface area contributed by atoms with Crippen LogP contribution >= 0.6 is 0 Å². The number of ether oxygens (including phenoxy) is 3. The van der Waals surface area contributed by atoms with Crippen LogP contribution in [-0.2, 0) is 10.3 Å². The maximum atomic E-state index is 5.36. The second-order valence-corrected chi connectivity index (χ2v) is 3.45. The van der Waals surface area contributed by atoms with Crippen molar-refractivity contribution in [3.63, 3.8) is 0 Å². The second kappa shape index (κ2) is 3.13. The highest BCUT2D eigenvalue weighted by Crippen LogP contribution is 2.43. The van der Waals surface area contributed by atoms with Gasteiger partial charge in [-0.25, -0.2) is 4.98 Å². The van der Waals surface area contributed by atoms with Crippen LogP contribution in [0.15, 0.2) is 12.3 Å². The molecule has 14 heavy (non-hydrogen) atoms. The Bertz CT molecular complexity index is 347. The predicted octanol–water partition coefficient (Wildman–Crippen LogP) is 1.34. The summed E-state index contributed by atoms with van der Waals surface area (Å²) in [7, 11) is 3.22. The minimum Gasteiger partial charge on any atom is -0.495 e. The molecule has 76 valence electrons. The van der Waals surface area contributed by atoms with Crippen LogP contribution in [0.25, 0.3) is 0 Å². The third kappa shape index (κ3) is 1.42. The third-order valence-corrected chi connectivity index (χ3v) is 2.42. The lowest BCUT2D eigenvalue weighted by Crippen LogP contribution is -2.06. The zero-order chi connectivity index (χ0) is 10.2. The molecule has 0 radical (unpaired) electrons. The number of hydrogen-bond acceptors (Lipinski definition) is 4. The standard InChI is InChI=1S/C10H13NO3/c1-10(6-14-10)7-4-9(13-3)11-5-8(7)12-2/h4-5H,6H2,1-3H3.